The van der Waals surface area contributed by atoms with E-state index in [1.807, 2.05) is 0 Å². The average molecular weight is 145 g/mol. The first-order chi connectivity index (χ1) is 4.75. The van der Waals surface area contributed by atoms with Crippen molar-refractivity contribution in [2.45, 2.75) is 18.9 Å². The van der Waals surface area contributed by atoms with Gasteiger partial charge in [0.15, 0.2) is 0 Å². The third kappa shape index (κ3) is 1.21. The van der Waals surface area contributed by atoms with Gasteiger partial charge in [-0.05, 0) is 12.8 Å². The van der Waals surface area contributed by atoms with Crippen LogP contribution in [-0.4, -0.2) is 40.4 Å². The first kappa shape index (κ1) is 7.34. The monoisotopic (exact) mass is 145 g/mol. The zero-order valence-electron chi connectivity index (χ0n) is 5.66. The lowest BCUT2D eigenvalue weighted by Crippen LogP contribution is -2.36. The molecule has 0 saturated carbocycles. The number of hydrogen-bond donors (Lipinski definition) is 2. The molecule has 1 fully saturated rings. The Morgan fingerprint density at radius 3 is 2.80 bits per heavy atom. The van der Waals surface area contributed by atoms with E-state index >= 15 is 0 Å². The van der Waals surface area contributed by atoms with Crippen molar-refractivity contribution in [3.63, 3.8) is 0 Å². The number of nitrogens with zero attached hydrogens (tertiary/aromatic N) is 1. The summed E-state index contributed by atoms with van der Waals surface area (Å²) < 4.78 is 0. The van der Waals surface area contributed by atoms with Gasteiger partial charge in [0, 0.05) is 6.54 Å². The first-order valence-corrected chi connectivity index (χ1v) is 3.36. The standard InChI is InChI=1S/C6H11NO3/c8-4-5-2-1-3-7(5)6(9)10/h5,8H,1-4H2,(H,9,10). The fourth-order valence-electron chi connectivity index (χ4n) is 1.28. The summed E-state index contributed by atoms with van der Waals surface area (Å²) in [5.41, 5.74) is 0. The summed E-state index contributed by atoms with van der Waals surface area (Å²) in [6.45, 7) is 0.521. The van der Waals surface area contributed by atoms with Gasteiger partial charge in [0.1, 0.15) is 0 Å². The van der Waals surface area contributed by atoms with Crippen LogP contribution in [0.4, 0.5) is 4.79 Å². The van der Waals surface area contributed by atoms with Crippen molar-refractivity contribution >= 4 is 6.09 Å². The number of likely N-dealkylation sites (tertiary alicyclic amines) is 1. The van der Waals surface area contributed by atoms with E-state index in [9.17, 15) is 4.79 Å². The molecule has 1 atom stereocenters. The van der Waals surface area contributed by atoms with Gasteiger partial charge in [0.05, 0.1) is 12.6 Å². The van der Waals surface area contributed by atoms with Gasteiger partial charge >= 0.3 is 6.09 Å². The Hall–Kier alpha value is -0.770. The molecule has 1 rings (SSSR count). The van der Waals surface area contributed by atoms with Crippen LogP contribution in [0.3, 0.4) is 0 Å². The third-order valence-corrected chi connectivity index (χ3v) is 1.83. The predicted octanol–water partition coefficient (Wildman–Crippen LogP) is 0.121. The van der Waals surface area contributed by atoms with Crippen LogP contribution in [0.1, 0.15) is 12.8 Å². The maximum absolute atomic E-state index is 10.4. The highest BCUT2D eigenvalue weighted by Crippen LogP contribution is 2.15. The summed E-state index contributed by atoms with van der Waals surface area (Å²) in [6.07, 6.45) is 0.747. The lowest BCUT2D eigenvalue weighted by molar-refractivity contribution is 0.118. The molecule has 0 aromatic heterocycles. The zero-order valence-corrected chi connectivity index (χ0v) is 5.66. The fourth-order valence-corrected chi connectivity index (χ4v) is 1.28. The van der Waals surface area contributed by atoms with Crippen molar-refractivity contribution in [3.8, 4) is 0 Å². The predicted molar refractivity (Wildman–Crippen MR) is 34.8 cm³/mol. The second-order valence-electron chi connectivity index (χ2n) is 2.45. The number of aliphatic hydroxyl groups is 1. The smallest absolute Gasteiger partial charge is 0.407 e. The molecule has 1 unspecified atom stereocenters. The second kappa shape index (κ2) is 2.88. The molecule has 1 aliphatic heterocycles. The van der Waals surface area contributed by atoms with E-state index in [0.717, 1.165) is 12.8 Å². The molecule has 0 aromatic rings. The van der Waals surface area contributed by atoms with Crippen LogP contribution in [0.2, 0.25) is 0 Å². The van der Waals surface area contributed by atoms with Gasteiger partial charge in [0.25, 0.3) is 0 Å². The molecule has 4 heteroatoms. The molecule has 0 radical (unpaired) electrons. The Labute approximate surface area is 59.1 Å². The average Bonchev–Trinajstić information content (AvgIpc) is 2.33. The van der Waals surface area contributed by atoms with Crippen molar-refractivity contribution in [2.24, 2.45) is 0 Å². The van der Waals surface area contributed by atoms with Crippen LogP contribution in [0.15, 0.2) is 0 Å². The summed E-state index contributed by atoms with van der Waals surface area (Å²) >= 11 is 0. The van der Waals surface area contributed by atoms with E-state index in [-0.39, 0.29) is 12.6 Å². The number of aliphatic hydroxyl groups excluding tert-OH is 1. The third-order valence-electron chi connectivity index (χ3n) is 1.83. The largest absolute Gasteiger partial charge is 0.465 e. The molecule has 1 saturated heterocycles. The summed E-state index contributed by atoms with van der Waals surface area (Å²) in [6, 6.07) is -0.155. The molecule has 0 aliphatic carbocycles. The maximum atomic E-state index is 10.4. The van der Waals surface area contributed by atoms with Gasteiger partial charge in [0.2, 0.25) is 0 Å². The van der Waals surface area contributed by atoms with E-state index in [1.54, 1.807) is 0 Å². The molecule has 2 N–H and O–H groups in total. The zero-order chi connectivity index (χ0) is 7.56. The minimum absolute atomic E-state index is 0.0493. The molecule has 1 heterocycles. The van der Waals surface area contributed by atoms with Crippen LogP contribution in [0.25, 0.3) is 0 Å². The summed E-state index contributed by atoms with van der Waals surface area (Å²) in [7, 11) is 0. The van der Waals surface area contributed by atoms with Gasteiger partial charge in [-0.15, -0.1) is 0 Å². The van der Waals surface area contributed by atoms with Gasteiger partial charge < -0.3 is 15.1 Å². The SMILES string of the molecule is O=C(O)N1CCCC1CO. The van der Waals surface area contributed by atoms with Crippen molar-refractivity contribution in [1.29, 1.82) is 0 Å². The molecular weight excluding hydrogens is 134 g/mol. The van der Waals surface area contributed by atoms with Gasteiger partial charge in [-0.1, -0.05) is 0 Å². The highest BCUT2D eigenvalue weighted by Gasteiger charge is 2.27. The van der Waals surface area contributed by atoms with Crippen LogP contribution in [-0.2, 0) is 0 Å². The molecule has 4 nitrogen and oxygen atoms in total. The number of carbonyl (C=O) groups is 1. The Morgan fingerprint density at radius 2 is 2.40 bits per heavy atom. The molecule has 0 spiro atoms. The van der Waals surface area contributed by atoms with Gasteiger partial charge in [-0.25, -0.2) is 4.79 Å². The summed E-state index contributed by atoms with van der Waals surface area (Å²) in [5.74, 6) is 0. The number of carboxylic acid groups (broad SMARTS) is 1. The molecule has 0 bridgehead atoms. The Balaban J connectivity index is 2.50. The van der Waals surface area contributed by atoms with Crippen LogP contribution < -0.4 is 0 Å². The highest BCUT2D eigenvalue weighted by atomic mass is 16.4. The van der Waals surface area contributed by atoms with Crippen molar-refractivity contribution in [1.82, 2.24) is 4.90 Å². The minimum atomic E-state index is -0.920. The van der Waals surface area contributed by atoms with E-state index in [1.165, 1.54) is 4.90 Å². The lowest BCUT2D eigenvalue weighted by Gasteiger charge is -2.18. The minimum Gasteiger partial charge on any atom is -0.465 e. The Bertz CT molecular complexity index is 137. The lowest BCUT2D eigenvalue weighted by atomic mass is 10.2. The second-order valence-corrected chi connectivity index (χ2v) is 2.45. The number of rotatable bonds is 1. The number of amides is 1. The molecule has 1 aliphatic rings. The van der Waals surface area contributed by atoms with Crippen LogP contribution in [0.5, 0.6) is 0 Å². The molecule has 10 heavy (non-hydrogen) atoms. The highest BCUT2D eigenvalue weighted by molar-refractivity contribution is 5.65. The van der Waals surface area contributed by atoms with Crippen LogP contribution >= 0.6 is 0 Å². The van der Waals surface area contributed by atoms with E-state index in [2.05, 4.69) is 0 Å². The van der Waals surface area contributed by atoms with Gasteiger partial charge in [-0.3, -0.25) is 0 Å². The van der Waals surface area contributed by atoms with E-state index < -0.39 is 6.09 Å². The number of hydrogen-bond acceptors (Lipinski definition) is 2. The van der Waals surface area contributed by atoms with Crippen LogP contribution in [0, 0.1) is 0 Å². The van der Waals surface area contributed by atoms with Crippen molar-refractivity contribution in [3.05, 3.63) is 0 Å². The topological polar surface area (TPSA) is 60.8 Å². The first-order valence-electron chi connectivity index (χ1n) is 3.36. The molecule has 1 amide bonds. The van der Waals surface area contributed by atoms with E-state index in [4.69, 9.17) is 10.2 Å². The quantitative estimate of drug-likeness (QED) is 0.551. The maximum Gasteiger partial charge on any atom is 0.407 e. The van der Waals surface area contributed by atoms with Gasteiger partial charge in [-0.2, -0.15) is 0 Å². The van der Waals surface area contributed by atoms with Crippen molar-refractivity contribution < 1.29 is 15.0 Å². The van der Waals surface area contributed by atoms with Crippen molar-refractivity contribution in [2.75, 3.05) is 13.2 Å². The van der Waals surface area contributed by atoms with E-state index in [0.29, 0.717) is 6.54 Å². The molecule has 58 valence electrons. The summed E-state index contributed by atoms with van der Waals surface area (Å²) in [5, 5.41) is 17.2. The fraction of sp³-hybridized carbons (Fsp3) is 0.833. The summed E-state index contributed by atoms with van der Waals surface area (Å²) in [4.78, 5) is 11.7. The molecule has 0 aromatic carbocycles. The normalized spacial score (nSPS) is 25.3. The molecular formula is C6H11NO3. The Kier molecular flexibility index (Phi) is 2.11. The Morgan fingerprint density at radius 1 is 1.70 bits per heavy atom.